The number of nitrogen functional groups attached to an aromatic ring is 1. The largest absolute Gasteiger partial charge is 0.481 e. The summed E-state index contributed by atoms with van der Waals surface area (Å²) in [5.74, 6) is -1.94. The monoisotopic (exact) mass is 221 g/mol. The first kappa shape index (κ1) is 11.2. The topological polar surface area (TPSA) is 89.1 Å². The van der Waals surface area contributed by atoms with E-state index in [1.165, 1.54) is 0 Å². The minimum Gasteiger partial charge on any atom is -0.481 e. The maximum absolute atomic E-state index is 12.3. The Bertz CT molecular complexity index is 392. The van der Waals surface area contributed by atoms with Gasteiger partial charge in [-0.05, 0) is 0 Å². The van der Waals surface area contributed by atoms with Gasteiger partial charge < -0.3 is 10.8 Å². The first-order chi connectivity index (χ1) is 6.80. The van der Waals surface area contributed by atoms with Crippen LogP contribution in [0.2, 0.25) is 0 Å². The van der Waals surface area contributed by atoms with Gasteiger partial charge in [0.25, 0.3) is 0 Å². The van der Waals surface area contributed by atoms with Crippen LogP contribution in [0.25, 0.3) is 0 Å². The lowest BCUT2D eigenvalue weighted by atomic mass is 10.1. The van der Waals surface area contributed by atoms with Crippen LogP contribution in [0.5, 0.6) is 0 Å². The molecule has 1 rings (SSSR count). The number of halogens is 3. The van der Waals surface area contributed by atoms with Crippen molar-refractivity contribution in [3.8, 4) is 0 Å². The Morgan fingerprint density at radius 2 is 2.13 bits per heavy atom. The second-order valence-corrected chi connectivity index (χ2v) is 2.67. The Labute approximate surface area is 81.8 Å². The summed E-state index contributed by atoms with van der Waals surface area (Å²) in [5, 5.41) is 8.37. The molecule has 0 bridgehead atoms. The van der Waals surface area contributed by atoms with Crippen LogP contribution < -0.4 is 5.73 Å². The van der Waals surface area contributed by atoms with Gasteiger partial charge in [-0.2, -0.15) is 13.2 Å². The Morgan fingerprint density at radius 3 is 2.60 bits per heavy atom. The smallest absolute Gasteiger partial charge is 0.433 e. The van der Waals surface area contributed by atoms with E-state index < -0.39 is 35.8 Å². The minimum absolute atomic E-state index is 0.510. The summed E-state index contributed by atoms with van der Waals surface area (Å²) in [6.07, 6.45) is -4.77. The second kappa shape index (κ2) is 3.71. The summed E-state index contributed by atoms with van der Waals surface area (Å²) >= 11 is 0. The Morgan fingerprint density at radius 1 is 1.53 bits per heavy atom. The van der Waals surface area contributed by atoms with E-state index in [1.807, 2.05) is 0 Å². The van der Waals surface area contributed by atoms with Crippen molar-refractivity contribution in [2.24, 2.45) is 0 Å². The molecule has 0 fully saturated rings. The zero-order valence-corrected chi connectivity index (χ0v) is 7.25. The fraction of sp³-hybridized carbons (Fsp3) is 0.286. The van der Waals surface area contributed by atoms with Crippen LogP contribution >= 0.6 is 0 Å². The number of hydrogen-bond acceptors (Lipinski definition) is 4. The van der Waals surface area contributed by atoms with Crippen LogP contribution in [0.1, 0.15) is 11.3 Å². The van der Waals surface area contributed by atoms with Crippen molar-refractivity contribution in [3.63, 3.8) is 0 Å². The molecule has 0 aliphatic carbocycles. The van der Waals surface area contributed by atoms with Gasteiger partial charge in [-0.25, -0.2) is 9.97 Å². The standard InChI is InChI=1S/C7H6F3N3O2/c8-7(9,10)5-3(1-4(14)15)2-12-6(11)13-5/h2H,1H2,(H,14,15)(H2,11,12,13). The molecule has 5 nitrogen and oxygen atoms in total. The third-order valence-corrected chi connectivity index (χ3v) is 1.49. The predicted octanol–water partition coefficient (Wildman–Crippen LogP) is 0.705. The summed E-state index contributed by atoms with van der Waals surface area (Å²) in [6, 6.07) is 0. The second-order valence-electron chi connectivity index (χ2n) is 2.67. The molecule has 3 N–H and O–H groups in total. The van der Waals surface area contributed by atoms with Gasteiger partial charge in [0.15, 0.2) is 5.69 Å². The normalized spacial score (nSPS) is 11.4. The number of aliphatic carboxylic acids is 1. The number of aromatic nitrogens is 2. The number of nitrogens with zero attached hydrogens (tertiary/aromatic N) is 2. The highest BCUT2D eigenvalue weighted by Crippen LogP contribution is 2.30. The minimum atomic E-state index is -4.73. The number of rotatable bonds is 2. The van der Waals surface area contributed by atoms with Gasteiger partial charge in [0.1, 0.15) is 0 Å². The van der Waals surface area contributed by atoms with Gasteiger partial charge in [-0.3, -0.25) is 4.79 Å². The SMILES string of the molecule is Nc1ncc(CC(=O)O)c(C(F)(F)F)n1. The highest BCUT2D eigenvalue weighted by atomic mass is 19.4. The highest BCUT2D eigenvalue weighted by Gasteiger charge is 2.36. The van der Waals surface area contributed by atoms with Gasteiger partial charge in [0, 0.05) is 11.8 Å². The van der Waals surface area contributed by atoms with Crippen molar-refractivity contribution in [1.82, 2.24) is 9.97 Å². The number of carboxylic acid groups (broad SMARTS) is 1. The van der Waals surface area contributed by atoms with Crippen molar-refractivity contribution in [3.05, 3.63) is 17.5 Å². The summed E-state index contributed by atoms with van der Waals surface area (Å²) in [7, 11) is 0. The fourth-order valence-electron chi connectivity index (χ4n) is 0.958. The molecule has 82 valence electrons. The van der Waals surface area contributed by atoms with Crippen molar-refractivity contribution in [1.29, 1.82) is 0 Å². The molecule has 1 aromatic heterocycles. The summed E-state index contributed by atoms with van der Waals surface area (Å²) in [6.45, 7) is 0. The summed E-state index contributed by atoms with van der Waals surface area (Å²) in [4.78, 5) is 16.6. The maximum atomic E-state index is 12.3. The van der Waals surface area contributed by atoms with Gasteiger partial charge in [0.05, 0.1) is 6.42 Å². The van der Waals surface area contributed by atoms with Crippen LogP contribution in [0, 0.1) is 0 Å². The molecule has 0 radical (unpaired) electrons. The molecule has 0 spiro atoms. The Balaban J connectivity index is 3.20. The van der Waals surface area contributed by atoms with E-state index in [0.717, 1.165) is 6.20 Å². The van der Waals surface area contributed by atoms with Gasteiger partial charge in [-0.1, -0.05) is 0 Å². The predicted molar refractivity (Wildman–Crippen MR) is 42.8 cm³/mol. The number of anilines is 1. The first-order valence-corrected chi connectivity index (χ1v) is 3.71. The van der Waals surface area contributed by atoms with E-state index in [-0.39, 0.29) is 0 Å². The maximum Gasteiger partial charge on any atom is 0.433 e. The third-order valence-electron chi connectivity index (χ3n) is 1.49. The van der Waals surface area contributed by atoms with Crippen molar-refractivity contribution in [2.45, 2.75) is 12.6 Å². The van der Waals surface area contributed by atoms with Crippen LogP contribution in [-0.2, 0) is 17.4 Å². The average Bonchev–Trinajstić information content (AvgIpc) is 2.05. The highest BCUT2D eigenvalue weighted by molar-refractivity contribution is 5.70. The zero-order chi connectivity index (χ0) is 11.6. The molecule has 0 aromatic carbocycles. The molecule has 0 aliphatic rings. The third kappa shape index (κ3) is 2.79. The molecule has 0 saturated carbocycles. The van der Waals surface area contributed by atoms with Crippen molar-refractivity contribution >= 4 is 11.9 Å². The van der Waals surface area contributed by atoms with Crippen LogP contribution in [0.4, 0.5) is 19.1 Å². The lowest BCUT2D eigenvalue weighted by Crippen LogP contribution is -2.16. The molecule has 0 aliphatic heterocycles. The lowest BCUT2D eigenvalue weighted by Gasteiger charge is -2.09. The molecule has 15 heavy (non-hydrogen) atoms. The fourth-order valence-corrected chi connectivity index (χ4v) is 0.958. The molecule has 0 saturated heterocycles. The number of nitrogens with two attached hydrogens (primary N) is 1. The number of alkyl halides is 3. The molecular formula is C7H6F3N3O2. The molecule has 1 heterocycles. The van der Waals surface area contributed by atoms with E-state index >= 15 is 0 Å². The van der Waals surface area contributed by atoms with Crippen LogP contribution in [0.15, 0.2) is 6.20 Å². The van der Waals surface area contributed by atoms with E-state index in [0.29, 0.717) is 0 Å². The summed E-state index contributed by atoms with van der Waals surface area (Å²) < 4.78 is 37.0. The number of carboxylic acids is 1. The Hall–Kier alpha value is -1.86. The summed E-state index contributed by atoms with van der Waals surface area (Å²) in [5.41, 5.74) is 3.17. The van der Waals surface area contributed by atoms with Crippen molar-refractivity contribution < 1.29 is 23.1 Å². The van der Waals surface area contributed by atoms with E-state index in [9.17, 15) is 18.0 Å². The lowest BCUT2D eigenvalue weighted by molar-refractivity contribution is -0.142. The van der Waals surface area contributed by atoms with E-state index in [2.05, 4.69) is 9.97 Å². The first-order valence-electron chi connectivity index (χ1n) is 3.71. The van der Waals surface area contributed by atoms with E-state index in [1.54, 1.807) is 0 Å². The van der Waals surface area contributed by atoms with Crippen LogP contribution in [0.3, 0.4) is 0 Å². The molecule has 0 atom stereocenters. The van der Waals surface area contributed by atoms with Gasteiger partial charge in [0.2, 0.25) is 5.95 Å². The molecular weight excluding hydrogens is 215 g/mol. The quantitative estimate of drug-likeness (QED) is 0.767. The average molecular weight is 221 g/mol. The molecule has 0 amide bonds. The van der Waals surface area contributed by atoms with Gasteiger partial charge >= 0.3 is 12.1 Å². The Kier molecular flexibility index (Phi) is 2.78. The molecule has 0 unspecified atom stereocenters. The van der Waals surface area contributed by atoms with Gasteiger partial charge in [-0.15, -0.1) is 0 Å². The van der Waals surface area contributed by atoms with Crippen molar-refractivity contribution in [2.75, 3.05) is 5.73 Å². The number of hydrogen-bond donors (Lipinski definition) is 2. The molecule has 1 aromatic rings. The number of carbonyl (C=O) groups is 1. The van der Waals surface area contributed by atoms with E-state index in [4.69, 9.17) is 10.8 Å². The van der Waals surface area contributed by atoms with Crippen LogP contribution in [-0.4, -0.2) is 21.0 Å². The molecule has 8 heteroatoms. The zero-order valence-electron chi connectivity index (χ0n) is 7.25.